The van der Waals surface area contributed by atoms with E-state index in [-0.39, 0.29) is 35.6 Å². The monoisotopic (exact) mass is 614 g/mol. The number of hydrogen-bond donors (Lipinski definition) is 0. The van der Waals surface area contributed by atoms with Gasteiger partial charge in [-0.2, -0.15) is 0 Å². The van der Waals surface area contributed by atoms with E-state index in [4.69, 9.17) is 0 Å². The Kier molecular flexibility index (Phi) is 9.31. The van der Waals surface area contributed by atoms with Gasteiger partial charge in [-0.25, -0.2) is 4.98 Å². The fourth-order valence-electron chi connectivity index (χ4n) is 2.98. The van der Waals surface area contributed by atoms with E-state index < -0.39 is 0 Å². The maximum Gasteiger partial charge on any atom is 1.00 e. The molecular formula is C24H30N3OsP2+2. The van der Waals surface area contributed by atoms with Crippen LogP contribution in [0.4, 0.5) is 0 Å². The molecule has 0 saturated carbocycles. The zero-order chi connectivity index (χ0) is 21.0. The molecule has 0 atom stereocenters. The molecule has 1 radical (unpaired) electrons. The van der Waals surface area contributed by atoms with Crippen LogP contribution in [0.3, 0.4) is 0 Å². The van der Waals surface area contributed by atoms with Gasteiger partial charge in [0.15, 0.2) is 0 Å². The molecule has 0 bridgehead atoms. The van der Waals surface area contributed by atoms with Crippen LogP contribution in [-0.2, 0) is 19.8 Å². The second kappa shape index (κ2) is 11.3. The summed E-state index contributed by atoms with van der Waals surface area (Å²) in [5.74, 6) is 0.707. The quantitative estimate of drug-likeness (QED) is 0.195. The summed E-state index contributed by atoms with van der Waals surface area (Å²) in [6, 6.07) is 17.5. The number of nitrogens with zero attached hydrogens (tertiary/aromatic N) is 3. The maximum atomic E-state index is 4.51. The smallest absolute Gasteiger partial charge is 0.300 e. The molecule has 157 valence electrons. The minimum Gasteiger partial charge on any atom is -0.300 e. The standard InChI is InChI=1S/C16H10N3.C8H18P2.Os/c1-2-5-13-10-14(7-6-12(13)4-1)15-11-19-9-3-8-17-16(19)18-15;1-7(9(3)4)8(2)10(5)6;/h1-6,8-11H;1-6H3;/q-1;;+1/p+2/b;8-7-;. The maximum absolute atomic E-state index is 4.51. The summed E-state index contributed by atoms with van der Waals surface area (Å²) >= 11 is 0. The Bertz CT molecular complexity index is 1100. The molecule has 4 rings (SSSR count). The molecule has 0 unspecified atom stereocenters. The van der Waals surface area contributed by atoms with Crippen LogP contribution >= 0.6 is 15.8 Å². The first-order valence-corrected chi connectivity index (χ1v) is 14.9. The Labute approximate surface area is 195 Å². The molecule has 0 N–H and O–H groups in total. The first-order chi connectivity index (χ1) is 13.9. The summed E-state index contributed by atoms with van der Waals surface area (Å²) in [5.41, 5.74) is 1.88. The third kappa shape index (κ3) is 6.05. The van der Waals surface area contributed by atoms with Crippen molar-refractivity contribution < 1.29 is 19.8 Å². The molecular weight excluding hydrogens is 582 g/mol. The van der Waals surface area contributed by atoms with Crippen molar-refractivity contribution in [3.63, 3.8) is 0 Å². The van der Waals surface area contributed by atoms with E-state index in [2.05, 4.69) is 74.7 Å². The second-order valence-corrected chi connectivity index (χ2v) is 13.2. The predicted octanol–water partition coefficient (Wildman–Crippen LogP) is 6.53. The third-order valence-electron chi connectivity index (χ3n) is 5.25. The molecule has 0 fully saturated rings. The topological polar surface area (TPSA) is 30.2 Å². The summed E-state index contributed by atoms with van der Waals surface area (Å²) in [6.07, 6.45) is 5.67. The van der Waals surface area contributed by atoms with Gasteiger partial charge in [-0.05, 0) is 26.1 Å². The fraction of sp³-hybridized carbons (Fsp3) is 0.250. The van der Waals surface area contributed by atoms with Crippen LogP contribution in [-0.4, -0.2) is 41.0 Å². The summed E-state index contributed by atoms with van der Waals surface area (Å²) in [5, 5.41) is 5.78. The first kappa shape index (κ1) is 24.8. The van der Waals surface area contributed by atoms with Crippen molar-refractivity contribution in [2.45, 2.75) is 13.8 Å². The van der Waals surface area contributed by atoms with Crippen LogP contribution in [0.15, 0.2) is 71.7 Å². The van der Waals surface area contributed by atoms with Crippen molar-refractivity contribution in [1.82, 2.24) is 14.4 Å². The van der Waals surface area contributed by atoms with Crippen LogP contribution in [0.5, 0.6) is 0 Å². The Morgan fingerprint density at radius 2 is 1.57 bits per heavy atom. The molecule has 0 aliphatic rings. The van der Waals surface area contributed by atoms with Crippen LogP contribution < -0.4 is 0 Å². The van der Waals surface area contributed by atoms with Gasteiger partial charge in [0.2, 0.25) is 5.78 Å². The van der Waals surface area contributed by atoms with E-state index in [9.17, 15) is 0 Å². The number of hydrogen-bond acceptors (Lipinski definition) is 2. The van der Waals surface area contributed by atoms with Crippen LogP contribution in [0, 0.1) is 6.07 Å². The van der Waals surface area contributed by atoms with Gasteiger partial charge in [-0.3, -0.25) is 4.98 Å². The molecule has 0 aliphatic carbocycles. The zero-order valence-corrected chi connectivity index (χ0v) is 23.0. The molecule has 4 aromatic rings. The fourth-order valence-corrected chi connectivity index (χ4v) is 5.98. The minimum absolute atomic E-state index is 0. The van der Waals surface area contributed by atoms with Gasteiger partial charge in [-0.15, -0.1) is 29.1 Å². The number of benzene rings is 2. The van der Waals surface area contributed by atoms with E-state index in [1.807, 2.05) is 41.1 Å². The summed E-state index contributed by atoms with van der Waals surface area (Å²) in [7, 11) is -0.302. The SMILES string of the molecule is C/C(=C(\C)[PH+](C)C)[PH+](C)C.[Os+].[c-]1cc2ccccc2cc1-c1cn2cccnc2n1. The van der Waals surface area contributed by atoms with Gasteiger partial charge >= 0.3 is 19.8 Å². The number of aromatic nitrogens is 3. The Balaban J connectivity index is 0.000000253. The van der Waals surface area contributed by atoms with Gasteiger partial charge in [-0.1, -0.05) is 29.7 Å². The number of rotatable bonds is 3. The Morgan fingerprint density at radius 1 is 0.933 bits per heavy atom. The molecule has 2 aromatic carbocycles. The van der Waals surface area contributed by atoms with Crippen molar-refractivity contribution in [3.8, 4) is 11.3 Å². The molecule has 0 aliphatic heterocycles. The molecule has 6 heteroatoms. The van der Waals surface area contributed by atoms with E-state index in [0.29, 0.717) is 5.78 Å². The molecule has 2 aromatic heterocycles. The predicted molar refractivity (Wildman–Crippen MR) is 133 cm³/mol. The number of allylic oxidation sites excluding steroid dienone is 2. The summed E-state index contributed by atoms with van der Waals surface area (Å²) in [6.45, 7) is 14.1. The van der Waals surface area contributed by atoms with Gasteiger partial charge in [0.1, 0.15) is 10.6 Å². The van der Waals surface area contributed by atoms with Gasteiger partial charge in [0, 0.05) is 33.9 Å². The average molecular weight is 613 g/mol. The normalized spacial score (nSPS) is 11.9. The molecule has 2 heterocycles. The molecule has 0 saturated heterocycles. The molecule has 0 amide bonds. The third-order valence-corrected chi connectivity index (χ3v) is 9.25. The van der Waals surface area contributed by atoms with Crippen molar-refractivity contribution in [1.29, 1.82) is 0 Å². The summed E-state index contributed by atoms with van der Waals surface area (Å²) in [4.78, 5) is 8.74. The molecule has 0 spiro atoms. The molecule has 30 heavy (non-hydrogen) atoms. The average Bonchev–Trinajstić information content (AvgIpc) is 3.17. The van der Waals surface area contributed by atoms with Gasteiger partial charge < -0.3 is 4.40 Å². The van der Waals surface area contributed by atoms with Crippen molar-refractivity contribution in [3.05, 3.63) is 77.7 Å². The Hall–Kier alpha value is -1.44. The second-order valence-electron chi connectivity index (χ2n) is 7.68. The largest absolute Gasteiger partial charge is 1.00 e. The van der Waals surface area contributed by atoms with E-state index in [1.165, 1.54) is 10.8 Å². The van der Waals surface area contributed by atoms with E-state index in [1.54, 1.807) is 16.8 Å². The van der Waals surface area contributed by atoms with Crippen molar-refractivity contribution in [2.24, 2.45) is 0 Å². The zero-order valence-electron chi connectivity index (χ0n) is 18.5. The van der Waals surface area contributed by atoms with E-state index >= 15 is 0 Å². The number of imidazole rings is 1. The van der Waals surface area contributed by atoms with Gasteiger partial charge in [0.25, 0.3) is 0 Å². The van der Waals surface area contributed by atoms with Gasteiger partial charge in [0.05, 0.1) is 26.7 Å². The van der Waals surface area contributed by atoms with Crippen molar-refractivity contribution in [2.75, 3.05) is 26.7 Å². The summed E-state index contributed by atoms with van der Waals surface area (Å²) < 4.78 is 1.92. The minimum atomic E-state index is -0.151. The van der Waals surface area contributed by atoms with Crippen molar-refractivity contribution >= 4 is 32.4 Å². The molecule has 3 nitrogen and oxygen atoms in total. The number of fused-ring (bicyclic) bond motifs is 2. The van der Waals surface area contributed by atoms with Crippen LogP contribution in [0.25, 0.3) is 27.8 Å². The Morgan fingerprint density at radius 3 is 2.17 bits per heavy atom. The van der Waals surface area contributed by atoms with Crippen LogP contribution in [0.1, 0.15) is 13.8 Å². The van der Waals surface area contributed by atoms with Crippen LogP contribution in [0.2, 0.25) is 0 Å². The van der Waals surface area contributed by atoms with E-state index in [0.717, 1.165) is 11.3 Å². The first-order valence-electron chi connectivity index (χ1n) is 9.86.